The molecule has 3 rings (SSSR count). The lowest BCUT2D eigenvalue weighted by Crippen LogP contribution is -2.47. The highest BCUT2D eigenvalue weighted by Crippen LogP contribution is 2.40. The zero-order valence-corrected chi connectivity index (χ0v) is 13.4. The first-order chi connectivity index (χ1) is 10.5. The molecular formula is C17H27NO4. The smallest absolute Gasteiger partial charge is 0.309 e. The summed E-state index contributed by atoms with van der Waals surface area (Å²) < 4.78 is 5.70. The SMILES string of the molecule is CC1(C(=O)N2CCC([C@@H]3OCCC3C(=O)O)CC2)CCCC1. The number of carboxylic acid groups (broad SMARTS) is 1. The second kappa shape index (κ2) is 6.19. The van der Waals surface area contributed by atoms with E-state index in [-0.39, 0.29) is 23.4 Å². The molecule has 1 amide bonds. The number of likely N-dealkylation sites (tertiary alicyclic amines) is 1. The fraction of sp³-hybridized carbons (Fsp3) is 0.882. The second-order valence-corrected chi connectivity index (χ2v) is 7.47. The molecule has 0 aromatic heterocycles. The number of amides is 1. The molecule has 2 aliphatic heterocycles. The minimum atomic E-state index is -0.737. The second-order valence-electron chi connectivity index (χ2n) is 7.47. The third kappa shape index (κ3) is 2.87. The van der Waals surface area contributed by atoms with Gasteiger partial charge in [-0.2, -0.15) is 0 Å². The van der Waals surface area contributed by atoms with Gasteiger partial charge in [-0.05, 0) is 38.0 Å². The van der Waals surface area contributed by atoms with E-state index in [1.165, 1.54) is 0 Å². The maximum atomic E-state index is 12.7. The van der Waals surface area contributed by atoms with Crippen molar-refractivity contribution in [1.82, 2.24) is 4.90 Å². The number of piperidine rings is 1. The molecular weight excluding hydrogens is 282 g/mol. The van der Waals surface area contributed by atoms with Gasteiger partial charge in [-0.1, -0.05) is 19.8 Å². The van der Waals surface area contributed by atoms with E-state index in [4.69, 9.17) is 4.74 Å². The van der Waals surface area contributed by atoms with Crippen LogP contribution in [0.25, 0.3) is 0 Å². The van der Waals surface area contributed by atoms with Gasteiger partial charge in [0.2, 0.25) is 5.91 Å². The van der Waals surface area contributed by atoms with Gasteiger partial charge in [-0.25, -0.2) is 0 Å². The Hall–Kier alpha value is -1.10. The van der Waals surface area contributed by atoms with E-state index in [2.05, 4.69) is 6.92 Å². The molecule has 1 unspecified atom stereocenters. The summed E-state index contributed by atoms with van der Waals surface area (Å²) in [6.45, 7) is 4.17. The van der Waals surface area contributed by atoms with Crippen LogP contribution >= 0.6 is 0 Å². The number of hydrogen-bond donors (Lipinski definition) is 1. The molecule has 0 radical (unpaired) electrons. The van der Waals surface area contributed by atoms with Crippen LogP contribution in [-0.2, 0) is 14.3 Å². The summed E-state index contributed by atoms with van der Waals surface area (Å²) in [5, 5.41) is 9.29. The largest absolute Gasteiger partial charge is 0.481 e. The van der Waals surface area contributed by atoms with E-state index >= 15 is 0 Å². The Kier molecular flexibility index (Phi) is 4.44. The molecule has 0 aromatic rings. The van der Waals surface area contributed by atoms with Gasteiger partial charge in [0.05, 0.1) is 12.0 Å². The van der Waals surface area contributed by atoms with E-state index in [0.29, 0.717) is 18.9 Å². The first-order valence-electron chi connectivity index (χ1n) is 8.65. The lowest BCUT2D eigenvalue weighted by molar-refractivity contribution is -0.147. The Balaban J connectivity index is 1.56. The standard InChI is InChI=1S/C17H27NO4/c1-17(7-2-3-8-17)16(21)18-9-4-12(5-10-18)14-13(15(19)20)6-11-22-14/h12-14H,2-11H2,1H3,(H,19,20)/t13?,14-/m0/s1. The average molecular weight is 309 g/mol. The topological polar surface area (TPSA) is 66.8 Å². The predicted molar refractivity (Wildman–Crippen MR) is 81.4 cm³/mol. The van der Waals surface area contributed by atoms with Gasteiger partial charge in [0.15, 0.2) is 0 Å². The van der Waals surface area contributed by atoms with E-state index in [9.17, 15) is 14.7 Å². The van der Waals surface area contributed by atoms with Crippen LogP contribution in [0, 0.1) is 17.3 Å². The van der Waals surface area contributed by atoms with Crippen molar-refractivity contribution >= 4 is 11.9 Å². The maximum Gasteiger partial charge on any atom is 0.309 e. The first kappa shape index (κ1) is 15.8. The van der Waals surface area contributed by atoms with Crippen molar-refractivity contribution in [3.05, 3.63) is 0 Å². The fourth-order valence-electron chi connectivity index (χ4n) is 4.52. The third-order valence-corrected chi connectivity index (χ3v) is 5.97. The Labute approximate surface area is 132 Å². The number of carbonyl (C=O) groups excluding carboxylic acids is 1. The number of hydrogen-bond acceptors (Lipinski definition) is 3. The molecule has 1 N–H and O–H groups in total. The van der Waals surface area contributed by atoms with Crippen LogP contribution in [0.3, 0.4) is 0 Å². The van der Waals surface area contributed by atoms with Crippen LogP contribution in [0.1, 0.15) is 51.9 Å². The first-order valence-corrected chi connectivity index (χ1v) is 8.65. The summed E-state index contributed by atoms with van der Waals surface area (Å²) in [5.74, 6) is -0.506. The summed E-state index contributed by atoms with van der Waals surface area (Å²) in [6, 6.07) is 0. The number of nitrogens with zero attached hydrogens (tertiary/aromatic N) is 1. The monoisotopic (exact) mass is 309 g/mol. The summed E-state index contributed by atoms with van der Waals surface area (Å²) in [4.78, 5) is 26.0. The number of ether oxygens (including phenoxy) is 1. The van der Waals surface area contributed by atoms with E-state index in [1.54, 1.807) is 0 Å². The van der Waals surface area contributed by atoms with Crippen molar-refractivity contribution < 1.29 is 19.4 Å². The summed E-state index contributed by atoms with van der Waals surface area (Å²) in [6.07, 6.45) is 6.56. The lowest BCUT2D eigenvalue weighted by Gasteiger charge is -2.39. The Bertz CT molecular complexity index is 436. The van der Waals surface area contributed by atoms with Crippen molar-refractivity contribution in [2.75, 3.05) is 19.7 Å². The average Bonchev–Trinajstić information content (AvgIpc) is 3.16. The number of rotatable bonds is 3. The Morgan fingerprint density at radius 2 is 1.77 bits per heavy atom. The van der Waals surface area contributed by atoms with Crippen molar-refractivity contribution in [1.29, 1.82) is 0 Å². The van der Waals surface area contributed by atoms with Crippen LogP contribution in [0.2, 0.25) is 0 Å². The van der Waals surface area contributed by atoms with E-state index < -0.39 is 5.97 Å². The lowest BCUT2D eigenvalue weighted by atomic mass is 9.82. The van der Waals surface area contributed by atoms with Crippen LogP contribution < -0.4 is 0 Å². The number of aliphatic carboxylic acids is 1. The quantitative estimate of drug-likeness (QED) is 0.868. The zero-order chi connectivity index (χ0) is 15.7. The molecule has 5 nitrogen and oxygen atoms in total. The molecule has 22 heavy (non-hydrogen) atoms. The molecule has 1 saturated carbocycles. The van der Waals surface area contributed by atoms with Crippen molar-refractivity contribution in [3.8, 4) is 0 Å². The van der Waals surface area contributed by atoms with Crippen LogP contribution in [0.4, 0.5) is 0 Å². The highest BCUT2D eigenvalue weighted by atomic mass is 16.5. The minimum Gasteiger partial charge on any atom is -0.481 e. The molecule has 0 aromatic carbocycles. The van der Waals surface area contributed by atoms with E-state index in [1.807, 2.05) is 4.90 Å². The van der Waals surface area contributed by atoms with Gasteiger partial charge in [-0.3, -0.25) is 9.59 Å². The predicted octanol–water partition coefficient (Wildman–Crippen LogP) is 2.29. The summed E-state index contributed by atoms with van der Waals surface area (Å²) >= 11 is 0. The van der Waals surface area contributed by atoms with Crippen molar-refractivity contribution in [2.24, 2.45) is 17.3 Å². The Morgan fingerprint density at radius 3 is 2.36 bits per heavy atom. The highest BCUT2D eigenvalue weighted by molar-refractivity contribution is 5.82. The zero-order valence-electron chi connectivity index (χ0n) is 13.4. The third-order valence-electron chi connectivity index (χ3n) is 5.97. The van der Waals surface area contributed by atoms with Gasteiger partial charge in [0, 0.05) is 25.1 Å². The molecule has 5 heteroatoms. The molecule has 0 spiro atoms. The molecule has 2 atom stereocenters. The van der Waals surface area contributed by atoms with E-state index in [0.717, 1.165) is 51.6 Å². The maximum absolute atomic E-state index is 12.7. The molecule has 2 heterocycles. The van der Waals surface area contributed by atoms with Gasteiger partial charge in [0.25, 0.3) is 0 Å². The van der Waals surface area contributed by atoms with Gasteiger partial charge in [-0.15, -0.1) is 0 Å². The fourth-order valence-corrected chi connectivity index (χ4v) is 4.52. The van der Waals surface area contributed by atoms with Gasteiger partial charge >= 0.3 is 5.97 Å². The normalized spacial score (nSPS) is 32.3. The van der Waals surface area contributed by atoms with Crippen LogP contribution in [0.15, 0.2) is 0 Å². The molecule has 2 saturated heterocycles. The van der Waals surface area contributed by atoms with Crippen molar-refractivity contribution in [3.63, 3.8) is 0 Å². The summed E-state index contributed by atoms with van der Waals surface area (Å²) in [5.41, 5.74) is -0.152. The highest BCUT2D eigenvalue weighted by Gasteiger charge is 2.43. The molecule has 0 bridgehead atoms. The minimum absolute atomic E-state index is 0.152. The van der Waals surface area contributed by atoms with Gasteiger partial charge < -0.3 is 14.7 Å². The van der Waals surface area contributed by atoms with Crippen LogP contribution in [-0.4, -0.2) is 47.7 Å². The summed E-state index contributed by atoms with van der Waals surface area (Å²) in [7, 11) is 0. The van der Waals surface area contributed by atoms with Gasteiger partial charge in [0.1, 0.15) is 0 Å². The van der Waals surface area contributed by atoms with Crippen molar-refractivity contribution in [2.45, 2.75) is 58.0 Å². The molecule has 124 valence electrons. The molecule has 1 aliphatic carbocycles. The molecule has 3 aliphatic rings. The number of carboxylic acids is 1. The molecule has 3 fully saturated rings. The Morgan fingerprint density at radius 1 is 1.14 bits per heavy atom. The van der Waals surface area contributed by atoms with Crippen LogP contribution in [0.5, 0.6) is 0 Å². The number of carbonyl (C=O) groups is 2.